The summed E-state index contributed by atoms with van der Waals surface area (Å²) < 4.78 is 40.1. The lowest BCUT2D eigenvalue weighted by molar-refractivity contribution is -0.142. The molecule has 0 radical (unpaired) electrons. The summed E-state index contributed by atoms with van der Waals surface area (Å²) in [5.41, 5.74) is 0. The quantitative estimate of drug-likeness (QED) is 0.700. The Kier molecular flexibility index (Phi) is 5.24. The molecule has 0 N–H and O–H groups in total. The molecule has 9 heteroatoms. The zero-order valence-electron chi connectivity index (χ0n) is 15.6. The Hall–Kier alpha value is -1.84. The van der Waals surface area contributed by atoms with Crippen LogP contribution in [0.15, 0.2) is 29.2 Å². The van der Waals surface area contributed by atoms with Crippen LogP contribution in [0, 0.1) is 17.7 Å². The number of halogens is 1. The van der Waals surface area contributed by atoms with E-state index in [1.165, 1.54) is 27.4 Å². The van der Waals surface area contributed by atoms with Crippen LogP contribution in [-0.4, -0.2) is 67.2 Å². The van der Waals surface area contributed by atoms with Crippen LogP contribution in [-0.2, 0) is 19.6 Å². The molecule has 2 amide bonds. The minimum absolute atomic E-state index is 0.0603. The van der Waals surface area contributed by atoms with Gasteiger partial charge < -0.3 is 0 Å². The average Bonchev–Trinajstić information content (AvgIpc) is 2.94. The molecule has 0 spiro atoms. The summed E-state index contributed by atoms with van der Waals surface area (Å²) in [6.45, 7) is 1.53. The molecular formula is C19H24FN3O4S. The monoisotopic (exact) mass is 409 g/mol. The summed E-state index contributed by atoms with van der Waals surface area (Å²) in [4.78, 5) is 28.4. The minimum Gasteiger partial charge on any atom is -0.283 e. The number of rotatable bonds is 4. The predicted molar refractivity (Wildman–Crippen MR) is 98.9 cm³/mol. The Balaban J connectivity index is 1.38. The molecule has 1 saturated carbocycles. The van der Waals surface area contributed by atoms with E-state index in [9.17, 15) is 22.4 Å². The van der Waals surface area contributed by atoms with Gasteiger partial charge in [0, 0.05) is 26.2 Å². The van der Waals surface area contributed by atoms with Gasteiger partial charge in [-0.15, -0.1) is 0 Å². The van der Waals surface area contributed by atoms with E-state index < -0.39 is 15.8 Å². The Morgan fingerprint density at radius 3 is 2.14 bits per heavy atom. The van der Waals surface area contributed by atoms with E-state index in [4.69, 9.17) is 0 Å². The first-order valence-electron chi connectivity index (χ1n) is 9.71. The Morgan fingerprint density at radius 1 is 0.964 bits per heavy atom. The van der Waals surface area contributed by atoms with Gasteiger partial charge in [0.05, 0.1) is 23.4 Å². The normalized spacial score (nSPS) is 27.2. The zero-order valence-corrected chi connectivity index (χ0v) is 16.4. The number of piperazine rings is 1. The van der Waals surface area contributed by atoms with Crippen molar-refractivity contribution in [2.75, 3.05) is 32.8 Å². The highest BCUT2D eigenvalue weighted by molar-refractivity contribution is 7.89. The van der Waals surface area contributed by atoms with Crippen LogP contribution >= 0.6 is 0 Å². The van der Waals surface area contributed by atoms with E-state index in [-0.39, 0.29) is 48.3 Å². The van der Waals surface area contributed by atoms with Crippen LogP contribution in [0.2, 0.25) is 0 Å². The van der Waals surface area contributed by atoms with Crippen molar-refractivity contribution in [1.82, 2.24) is 14.1 Å². The first kappa shape index (κ1) is 19.5. The van der Waals surface area contributed by atoms with Gasteiger partial charge in [0.15, 0.2) is 0 Å². The van der Waals surface area contributed by atoms with Crippen molar-refractivity contribution in [3.05, 3.63) is 30.1 Å². The largest absolute Gasteiger partial charge is 0.283 e. The summed E-state index contributed by atoms with van der Waals surface area (Å²) >= 11 is 0. The van der Waals surface area contributed by atoms with Gasteiger partial charge in [-0.1, -0.05) is 18.9 Å². The fourth-order valence-electron chi connectivity index (χ4n) is 4.46. The van der Waals surface area contributed by atoms with Crippen molar-refractivity contribution in [3.8, 4) is 0 Å². The maximum absolute atomic E-state index is 13.4. The lowest BCUT2D eigenvalue weighted by Gasteiger charge is -2.35. The van der Waals surface area contributed by atoms with Crippen molar-refractivity contribution in [2.24, 2.45) is 11.8 Å². The molecular weight excluding hydrogens is 385 g/mol. The highest BCUT2D eigenvalue weighted by Crippen LogP contribution is 2.38. The molecule has 1 aromatic rings. The summed E-state index contributed by atoms with van der Waals surface area (Å²) in [6.07, 6.45) is 3.55. The topological polar surface area (TPSA) is 78.0 Å². The number of sulfonamides is 1. The van der Waals surface area contributed by atoms with Crippen molar-refractivity contribution in [3.63, 3.8) is 0 Å². The zero-order chi connectivity index (χ0) is 19.9. The third-order valence-electron chi connectivity index (χ3n) is 6.04. The number of carbonyl (C=O) groups is 2. The average molecular weight is 409 g/mol. The fraction of sp³-hybridized carbons (Fsp3) is 0.579. The van der Waals surface area contributed by atoms with Crippen molar-refractivity contribution < 1.29 is 22.4 Å². The molecule has 0 aromatic heterocycles. The van der Waals surface area contributed by atoms with E-state index in [1.54, 1.807) is 0 Å². The molecule has 1 aromatic carbocycles. The standard InChI is InChI=1S/C19H24FN3O4S/c20-14-4-3-5-15(12-14)28(26,27)22-10-8-21(9-11-22)13-23-18(24)16-6-1-2-7-17(16)19(23)25/h3-5,12,16-17H,1-2,6-11,13H2/t16-,17-/m0/s1. The van der Waals surface area contributed by atoms with E-state index in [0.717, 1.165) is 31.7 Å². The number of hydrogen-bond donors (Lipinski definition) is 0. The van der Waals surface area contributed by atoms with Crippen LogP contribution in [0.5, 0.6) is 0 Å². The Morgan fingerprint density at radius 2 is 1.57 bits per heavy atom. The molecule has 0 unspecified atom stereocenters. The third-order valence-corrected chi connectivity index (χ3v) is 7.93. The highest BCUT2D eigenvalue weighted by Gasteiger charge is 2.48. The minimum atomic E-state index is -3.75. The number of fused-ring (bicyclic) bond motifs is 1. The molecule has 3 fully saturated rings. The number of likely N-dealkylation sites (tertiary alicyclic amines) is 1. The molecule has 2 atom stereocenters. The van der Waals surface area contributed by atoms with Gasteiger partial charge in [-0.3, -0.25) is 19.4 Å². The van der Waals surface area contributed by atoms with Gasteiger partial charge in [-0.2, -0.15) is 4.31 Å². The lowest BCUT2D eigenvalue weighted by atomic mass is 9.81. The molecule has 4 rings (SSSR count). The van der Waals surface area contributed by atoms with E-state index in [2.05, 4.69) is 0 Å². The lowest BCUT2D eigenvalue weighted by Crippen LogP contribution is -2.52. The number of nitrogens with zero attached hydrogens (tertiary/aromatic N) is 3. The smallest absolute Gasteiger partial charge is 0.243 e. The molecule has 2 aliphatic heterocycles. The van der Waals surface area contributed by atoms with Crippen LogP contribution in [0.1, 0.15) is 25.7 Å². The van der Waals surface area contributed by atoms with Crippen LogP contribution < -0.4 is 0 Å². The second kappa shape index (κ2) is 7.53. The SMILES string of the molecule is O=C1[C@H]2CCCC[C@@H]2C(=O)N1CN1CCN(S(=O)(=O)c2cccc(F)c2)CC1. The van der Waals surface area contributed by atoms with Crippen LogP contribution in [0.25, 0.3) is 0 Å². The molecule has 0 bridgehead atoms. The molecule has 28 heavy (non-hydrogen) atoms. The number of imide groups is 1. The third kappa shape index (κ3) is 3.46. The van der Waals surface area contributed by atoms with Gasteiger partial charge in [0.25, 0.3) is 0 Å². The Labute approximate surface area is 164 Å². The number of amides is 2. The molecule has 2 saturated heterocycles. The van der Waals surface area contributed by atoms with Crippen molar-refractivity contribution >= 4 is 21.8 Å². The maximum atomic E-state index is 13.4. The Bertz CT molecular complexity index is 859. The first-order chi connectivity index (χ1) is 13.4. The molecule has 3 aliphatic rings. The number of hydrogen-bond acceptors (Lipinski definition) is 5. The van der Waals surface area contributed by atoms with Gasteiger partial charge in [0.1, 0.15) is 5.82 Å². The second-order valence-electron chi connectivity index (χ2n) is 7.72. The summed E-state index contributed by atoms with van der Waals surface area (Å²) in [5, 5.41) is 0. The highest BCUT2D eigenvalue weighted by atomic mass is 32.2. The van der Waals surface area contributed by atoms with Gasteiger partial charge in [-0.25, -0.2) is 12.8 Å². The molecule has 152 valence electrons. The van der Waals surface area contributed by atoms with Crippen molar-refractivity contribution in [2.45, 2.75) is 30.6 Å². The van der Waals surface area contributed by atoms with E-state index >= 15 is 0 Å². The summed E-state index contributed by atoms with van der Waals surface area (Å²) in [5.74, 6) is -1.09. The van der Waals surface area contributed by atoms with Gasteiger partial charge >= 0.3 is 0 Å². The van der Waals surface area contributed by atoms with Gasteiger partial charge in [-0.05, 0) is 31.0 Å². The fourth-order valence-corrected chi connectivity index (χ4v) is 5.91. The number of benzene rings is 1. The second-order valence-corrected chi connectivity index (χ2v) is 9.66. The predicted octanol–water partition coefficient (Wildman–Crippen LogP) is 1.26. The van der Waals surface area contributed by atoms with Crippen LogP contribution in [0.3, 0.4) is 0 Å². The first-order valence-corrected chi connectivity index (χ1v) is 11.2. The molecule has 2 heterocycles. The van der Waals surface area contributed by atoms with Crippen molar-refractivity contribution in [1.29, 1.82) is 0 Å². The van der Waals surface area contributed by atoms with E-state index in [0.29, 0.717) is 13.1 Å². The summed E-state index contributed by atoms with van der Waals surface area (Å²) in [6, 6.07) is 4.99. The number of carbonyl (C=O) groups excluding carboxylic acids is 2. The summed E-state index contributed by atoms with van der Waals surface area (Å²) in [7, 11) is -3.75. The maximum Gasteiger partial charge on any atom is 0.243 e. The van der Waals surface area contributed by atoms with Gasteiger partial charge in [0.2, 0.25) is 21.8 Å². The van der Waals surface area contributed by atoms with Crippen LogP contribution in [0.4, 0.5) is 4.39 Å². The molecule has 1 aliphatic carbocycles. The van der Waals surface area contributed by atoms with E-state index in [1.807, 2.05) is 4.90 Å². The molecule has 7 nitrogen and oxygen atoms in total.